The molecule has 3 rings (SSSR count). The van der Waals surface area contributed by atoms with Gasteiger partial charge in [-0.25, -0.2) is 0 Å². The molecule has 0 saturated carbocycles. The lowest BCUT2D eigenvalue weighted by atomic mass is 9.99. The molecule has 124 valence electrons. The summed E-state index contributed by atoms with van der Waals surface area (Å²) in [5, 5.41) is 0.724. The van der Waals surface area contributed by atoms with Gasteiger partial charge in [-0.15, -0.1) is 0 Å². The topological polar surface area (TPSA) is 45.3 Å². The maximum absolute atomic E-state index is 13.0. The number of aromatic nitrogens is 1. The number of fused-ring (bicyclic) bond motifs is 1. The fraction of sp³-hybridized carbons (Fsp3) is 0.526. The van der Waals surface area contributed by atoms with E-state index in [4.69, 9.17) is 4.74 Å². The summed E-state index contributed by atoms with van der Waals surface area (Å²) >= 11 is 0. The molecule has 0 bridgehead atoms. The Balaban J connectivity index is 1.97. The van der Waals surface area contributed by atoms with E-state index in [-0.39, 0.29) is 5.43 Å². The van der Waals surface area contributed by atoms with Crippen molar-refractivity contribution < 1.29 is 4.74 Å². The van der Waals surface area contributed by atoms with Crippen LogP contribution in [0.5, 0.6) is 5.75 Å². The third-order valence-corrected chi connectivity index (χ3v) is 4.72. The minimum Gasteiger partial charge on any atom is -0.494 e. The van der Waals surface area contributed by atoms with Gasteiger partial charge in [-0.2, -0.15) is 0 Å². The highest BCUT2D eigenvalue weighted by Gasteiger charge is 2.19. The van der Waals surface area contributed by atoms with Crippen LogP contribution in [0.3, 0.4) is 0 Å². The molecule has 0 aliphatic carbocycles. The van der Waals surface area contributed by atoms with Crippen LogP contribution in [0.4, 0.5) is 0 Å². The summed E-state index contributed by atoms with van der Waals surface area (Å²) in [6.45, 7) is 9.74. The molecular weight excluding hydrogens is 288 g/mol. The summed E-state index contributed by atoms with van der Waals surface area (Å²) in [7, 11) is 0. The Morgan fingerprint density at radius 2 is 2.22 bits per heavy atom. The van der Waals surface area contributed by atoms with Crippen molar-refractivity contribution in [2.75, 3.05) is 19.7 Å². The van der Waals surface area contributed by atoms with E-state index < -0.39 is 0 Å². The SMILES string of the molecule is CCOc1ccc2[nH]c(C)c(CN3CCC[C@H](C)C3)c(=O)c2c1. The largest absolute Gasteiger partial charge is 0.494 e. The van der Waals surface area contributed by atoms with E-state index in [1.54, 1.807) is 0 Å². The fourth-order valence-corrected chi connectivity index (χ4v) is 3.53. The zero-order chi connectivity index (χ0) is 16.4. The lowest BCUT2D eigenvalue weighted by molar-refractivity contribution is 0.176. The molecule has 1 aliphatic rings. The second-order valence-electron chi connectivity index (χ2n) is 6.68. The van der Waals surface area contributed by atoms with Gasteiger partial charge in [-0.05, 0) is 57.4 Å². The lowest BCUT2D eigenvalue weighted by Crippen LogP contribution is -2.35. The summed E-state index contributed by atoms with van der Waals surface area (Å²) in [4.78, 5) is 18.8. The van der Waals surface area contributed by atoms with Gasteiger partial charge >= 0.3 is 0 Å². The number of aryl methyl sites for hydroxylation is 1. The van der Waals surface area contributed by atoms with Crippen molar-refractivity contribution in [1.82, 2.24) is 9.88 Å². The number of rotatable bonds is 4. The van der Waals surface area contributed by atoms with Crippen LogP contribution in [-0.2, 0) is 6.54 Å². The van der Waals surface area contributed by atoms with Gasteiger partial charge in [0.2, 0.25) is 0 Å². The lowest BCUT2D eigenvalue weighted by Gasteiger charge is -2.31. The zero-order valence-electron chi connectivity index (χ0n) is 14.3. The van der Waals surface area contributed by atoms with Crippen LogP contribution in [0.2, 0.25) is 0 Å². The van der Waals surface area contributed by atoms with Gasteiger partial charge in [0.25, 0.3) is 0 Å². The Kier molecular flexibility index (Phi) is 4.71. The molecule has 1 atom stereocenters. The molecule has 1 saturated heterocycles. The van der Waals surface area contributed by atoms with Crippen molar-refractivity contribution in [2.24, 2.45) is 5.92 Å². The van der Waals surface area contributed by atoms with Crippen LogP contribution in [0, 0.1) is 12.8 Å². The minimum absolute atomic E-state index is 0.135. The monoisotopic (exact) mass is 314 g/mol. The molecule has 0 radical (unpaired) electrons. The van der Waals surface area contributed by atoms with Gasteiger partial charge < -0.3 is 9.72 Å². The third-order valence-electron chi connectivity index (χ3n) is 4.72. The van der Waals surface area contributed by atoms with E-state index in [0.29, 0.717) is 12.5 Å². The number of benzene rings is 1. The molecule has 1 aliphatic heterocycles. The number of hydrogen-bond donors (Lipinski definition) is 1. The Labute approximate surface area is 137 Å². The molecule has 1 N–H and O–H groups in total. The summed E-state index contributed by atoms with van der Waals surface area (Å²) < 4.78 is 5.54. The van der Waals surface area contributed by atoms with E-state index in [1.165, 1.54) is 12.8 Å². The predicted molar refractivity (Wildman–Crippen MR) is 94.1 cm³/mol. The highest BCUT2D eigenvalue weighted by Crippen LogP contribution is 2.21. The molecule has 2 aromatic rings. The molecule has 1 fully saturated rings. The van der Waals surface area contributed by atoms with Gasteiger partial charge in [0.05, 0.1) is 6.61 Å². The van der Waals surface area contributed by atoms with Gasteiger partial charge in [0.1, 0.15) is 5.75 Å². The van der Waals surface area contributed by atoms with Crippen LogP contribution in [-0.4, -0.2) is 29.6 Å². The average molecular weight is 314 g/mol. The standard InChI is InChI=1S/C19H26N2O2/c1-4-23-15-7-8-18-16(10-15)19(22)17(14(3)20-18)12-21-9-5-6-13(2)11-21/h7-8,10,13H,4-6,9,11-12H2,1-3H3,(H,20,22)/t13-/m0/s1. The molecular formula is C19H26N2O2. The normalized spacial score (nSPS) is 19.2. The summed E-state index contributed by atoms with van der Waals surface area (Å²) in [6.07, 6.45) is 2.52. The van der Waals surface area contributed by atoms with Crippen molar-refractivity contribution in [1.29, 1.82) is 0 Å². The average Bonchev–Trinajstić information content (AvgIpc) is 2.52. The van der Waals surface area contributed by atoms with Crippen molar-refractivity contribution in [3.63, 3.8) is 0 Å². The molecule has 0 spiro atoms. The number of piperidine rings is 1. The van der Waals surface area contributed by atoms with Crippen molar-refractivity contribution >= 4 is 10.9 Å². The fourth-order valence-electron chi connectivity index (χ4n) is 3.53. The molecule has 2 heterocycles. The van der Waals surface area contributed by atoms with E-state index in [1.807, 2.05) is 32.0 Å². The second-order valence-corrected chi connectivity index (χ2v) is 6.68. The van der Waals surface area contributed by atoms with Crippen LogP contribution in [0.25, 0.3) is 10.9 Å². The maximum Gasteiger partial charge on any atom is 0.194 e. The molecule has 1 aromatic carbocycles. The zero-order valence-corrected chi connectivity index (χ0v) is 14.3. The summed E-state index contributed by atoms with van der Waals surface area (Å²) in [5.74, 6) is 1.47. The molecule has 0 amide bonds. The van der Waals surface area contributed by atoms with Gasteiger partial charge in [-0.3, -0.25) is 9.69 Å². The van der Waals surface area contributed by atoms with Gasteiger partial charge in [0, 0.05) is 35.2 Å². The van der Waals surface area contributed by atoms with Crippen LogP contribution in [0.1, 0.15) is 37.9 Å². The quantitative estimate of drug-likeness (QED) is 0.940. The van der Waals surface area contributed by atoms with Crippen LogP contribution < -0.4 is 10.2 Å². The maximum atomic E-state index is 13.0. The molecule has 4 nitrogen and oxygen atoms in total. The first-order chi connectivity index (χ1) is 11.1. The number of hydrogen-bond acceptors (Lipinski definition) is 3. The molecule has 0 unspecified atom stereocenters. The molecule has 4 heteroatoms. The van der Waals surface area contributed by atoms with E-state index in [0.717, 1.165) is 47.5 Å². The highest BCUT2D eigenvalue weighted by molar-refractivity contribution is 5.81. The summed E-state index contributed by atoms with van der Waals surface area (Å²) in [6, 6.07) is 5.70. The third kappa shape index (κ3) is 3.42. The Morgan fingerprint density at radius 1 is 1.39 bits per heavy atom. The van der Waals surface area contributed by atoms with Crippen LogP contribution >= 0.6 is 0 Å². The Morgan fingerprint density at radius 3 is 2.96 bits per heavy atom. The number of nitrogens with zero attached hydrogens (tertiary/aromatic N) is 1. The van der Waals surface area contributed by atoms with Gasteiger partial charge in [0.15, 0.2) is 5.43 Å². The van der Waals surface area contributed by atoms with E-state index >= 15 is 0 Å². The first-order valence-corrected chi connectivity index (χ1v) is 8.59. The number of pyridine rings is 1. The number of nitrogens with one attached hydrogen (secondary N) is 1. The summed E-state index contributed by atoms with van der Waals surface area (Å²) in [5.41, 5.74) is 2.88. The van der Waals surface area contributed by atoms with Crippen molar-refractivity contribution in [3.05, 3.63) is 39.7 Å². The van der Waals surface area contributed by atoms with Crippen molar-refractivity contribution in [3.8, 4) is 5.75 Å². The van der Waals surface area contributed by atoms with Gasteiger partial charge in [-0.1, -0.05) is 6.92 Å². The first kappa shape index (κ1) is 16.1. The minimum atomic E-state index is 0.135. The predicted octanol–water partition coefficient (Wildman–Crippen LogP) is 3.47. The number of aromatic amines is 1. The van der Waals surface area contributed by atoms with E-state index in [2.05, 4.69) is 16.8 Å². The number of ether oxygens (including phenoxy) is 1. The Bertz CT molecular complexity index is 751. The highest BCUT2D eigenvalue weighted by atomic mass is 16.5. The van der Waals surface area contributed by atoms with Crippen molar-refractivity contribution in [2.45, 2.75) is 40.2 Å². The molecule has 23 heavy (non-hydrogen) atoms. The Hall–Kier alpha value is -1.81. The first-order valence-electron chi connectivity index (χ1n) is 8.59. The van der Waals surface area contributed by atoms with Crippen LogP contribution in [0.15, 0.2) is 23.0 Å². The smallest absolute Gasteiger partial charge is 0.194 e. The number of H-pyrrole nitrogens is 1. The second kappa shape index (κ2) is 6.75. The molecule has 1 aromatic heterocycles. The van der Waals surface area contributed by atoms with E-state index in [9.17, 15) is 4.79 Å². The number of likely N-dealkylation sites (tertiary alicyclic amines) is 1.